The SMILES string of the molecule is CO[SiH](OC)C(C)CCCCCNCCC(C)[SiH](OC)OC. The highest BCUT2D eigenvalue weighted by Crippen LogP contribution is 2.19. The third-order valence-electron chi connectivity index (χ3n) is 4.15. The van der Waals surface area contributed by atoms with Gasteiger partial charge in [0.15, 0.2) is 0 Å². The van der Waals surface area contributed by atoms with E-state index in [1.807, 2.05) is 0 Å². The summed E-state index contributed by atoms with van der Waals surface area (Å²) in [4.78, 5) is 0. The van der Waals surface area contributed by atoms with E-state index in [0.29, 0.717) is 11.1 Å². The molecular formula is C15H37NO4Si2. The lowest BCUT2D eigenvalue weighted by Crippen LogP contribution is -2.27. The van der Waals surface area contributed by atoms with Crippen LogP contribution < -0.4 is 5.32 Å². The van der Waals surface area contributed by atoms with E-state index in [4.69, 9.17) is 17.7 Å². The highest BCUT2D eigenvalue weighted by Gasteiger charge is 2.19. The molecule has 1 N–H and O–H groups in total. The largest absolute Gasteiger partial charge is 0.400 e. The standard InChI is InChI=1S/C15H37NO4Si2/c1-14(21(17-3)18-4)10-8-7-9-12-16-13-11-15(2)22(19-5)20-6/h14-16,21-22H,7-13H2,1-6H3. The predicted octanol–water partition coefficient (Wildman–Crippen LogP) is 2.33. The van der Waals surface area contributed by atoms with Crippen LogP contribution in [0.4, 0.5) is 0 Å². The van der Waals surface area contributed by atoms with Crippen LogP contribution in [-0.2, 0) is 17.7 Å². The zero-order chi connectivity index (χ0) is 16.8. The van der Waals surface area contributed by atoms with Crippen LogP contribution >= 0.6 is 0 Å². The van der Waals surface area contributed by atoms with Gasteiger partial charge >= 0.3 is 18.6 Å². The molecule has 0 spiro atoms. The molecule has 0 aliphatic carbocycles. The summed E-state index contributed by atoms with van der Waals surface area (Å²) >= 11 is 0. The molecule has 2 unspecified atom stereocenters. The van der Waals surface area contributed by atoms with Crippen molar-refractivity contribution in [3.8, 4) is 0 Å². The molecular weight excluding hydrogens is 314 g/mol. The molecule has 0 heterocycles. The quantitative estimate of drug-likeness (QED) is 0.362. The maximum atomic E-state index is 5.42. The van der Waals surface area contributed by atoms with Crippen LogP contribution in [0.5, 0.6) is 0 Å². The summed E-state index contributed by atoms with van der Waals surface area (Å²) in [5.74, 6) is 0. The molecule has 0 amide bonds. The summed E-state index contributed by atoms with van der Waals surface area (Å²) in [7, 11) is 4.18. The van der Waals surface area contributed by atoms with E-state index in [0.717, 1.165) is 19.5 Å². The molecule has 2 atom stereocenters. The molecule has 5 nitrogen and oxygen atoms in total. The summed E-state index contributed by atoms with van der Waals surface area (Å²) in [6.07, 6.45) is 6.12. The van der Waals surface area contributed by atoms with Crippen LogP contribution in [0.3, 0.4) is 0 Å². The topological polar surface area (TPSA) is 49.0 Å². The smallest absolute Gasteiger partial charge is 0.323 e. The summed E-state index contributed by atoms with van der Waals surface area (Å²) in [6.45, 7) is 6.62. The lowest BCUT2D eigenvalue weighted by atomic mass is 10.1. The van der Waals surface area contributed by atoms with Crippen molar-refractivity contribution in [2.45, 2.75) is 57.0 Å². The van der Waals surface area contributed by atoms with Crippen LogP contribution in [0.15, 0.2) is 0 Å². The van der Waals surface area contributed by atoms with E-state index in [9.17, 15) is 0 Å². The Morgan fingerprint density at radius 1 is 0.682 bits per heavy atom. The molecule has 0 bridgehead atoms. The monoisotopic (exact) mass is 351 g/mol. The number of unbranched alkanes of at least 4 members (excludes halogenated alkanes) is 2. The molecule has 22 heavy (non-hydrogen) atoms. The fraction of sp³-hybridized carbons (Fsp3) is 1.00. The van der Waals surface area contributed by atoms with Crippen molar-refractivity contribution in [1.29, 1.82) is 0 Å². The maximum absolute atomic E-state index is 5.42. The zero-order valence-electron chi connectivity index (χ0n) is 15.4. The fourth-order valence-corrected chi connectivity index (χ4v) is 5.93. The first kappa shape index (κ1) is 22.2. The first-order valence-corrected chi connectivity index (χ1v) is 11.6. The summed E-state index contributed by atoms with van der Waals surface area (Å²) in [5, 5.41) is 3.52. The second kappa shape index (κ2) is 14.8. The molecule has 0 aliphatic rings. The lowest BCUT2D eigenvalue weighted by molar-refractivity contribution is 0.263. The molecule has 0 aromatic carbocycles. The van der Waals surface area contributed by atoms with Crippen LogP contribution in [-0.4, -0.2) is 60.1 Å². The minimum Gasteiger partial charge on any atom is -0.400 e. The van der Waals surface area contributed by atoms with Crippen molar-refractivity contribution in [2.75, 3.05) is 41.5 Å². The third kappa shape index (κ3) is 10.1. The molecule has 0 aliphatic heterocycles. The molecule has 0 radical (unpaired) electrons. The Balaban J connectivity index is 3.47. The highest BCUT2D eigenvalue weighted by atomic mass is 28.3. The third-order valence-corrected chi connectivity index (χ3v) is 8.53. The van der Waals surface area contributed by atoms with Crippen LogP contribution in [0, 0.1) is 0 Å². The molecule has 0 aromatic rings. The van der Waals surface area contributed by atoms with Crippen molar-refractivity contribution in [3.05, 3.63) is 0 Å². The first-order valence-electron chi connectivity index (χ1n) is 8.42. The van der Waals surface area contributed by atoms with Crippen molar-refractivity contribution in [2.24, 2.45) is 0 Å². The van der Waals surface area contributed by atoms with Gasteiger partial charge in [0.1, 0.15) is 0 Å². The van der Waals surface area contributed by atoms with Crippen molar-refractivity contribution in [1.82, 2.24) is 5.32 Å². The first-order chi connectivity index (χ1) is 10.6. The summed E-state index contributed by atoms with van der Waals surface area (Å²) in [6, 6.07) is 0. The van der Waals surface area contributed by atoms with Crippen molar-refractivity contribution in [3.63, 3.8) is 0 Å². The Bertz CT molecular complexity index is 218. The Morgan fingerprint density at radius 2 is 1.18 bits per heavy atom. The Labute approximate surface area is 140 Å². The molecule has 7 heteroatoms. The van der Waals surface area contributed by atoms with Crippen molar-refractivity contribution >= 4 is 18.6 Å². The van der Waals surface area contributed by atoms with Gasteiger partial charge in [0, 0.05) is 28.4 Å². The van der Waals surface area contributed by atoms with Gasteiger partial charge in [0.25, 0.3) is 0 Å². The summed E-state index contributed by atoms with van der Waals surface area (Å²) < 4.78 is 21.6. The predicted molar refractivity (Wildman–Crippen MR) is 97.1 cm³/mol. The molecule has 0 aromatic heterocycles. The van der Waals surface area contributed by atoms with E-state index in [2.05, 4.69) is 19.2 Å². The minimum absolute atomic E-state index is 0.549. The van der Waals surface area contributed by atoms with E-state index in [1.54, 1.807) is 28.4 Å². The Hall–Kier alpha value is 0.234. The van der Waals surface area contributed by atoms with E-state index >= 15 is 0 Å². The minimum atomic E-state index is -1.44. The molecule has 134 valence electrons. The average Bonchev–Trinajstić information content (AvgIpc) is 2.52. The molecule has 0 saturated carbocycles. The van der Waals surface area contributed by atoms with E-state index in [-0.39, 0.29) is 0 Å². The van der Waals surface area contributed by atoms with Gasteiger partial charge in [-0.05, 0) is 43.4 Å². The fourth-order valence-electron chi connectivity index (χ4n) is 2.74. The van der Waals surface area contributed by atoms with Crippen LogP contribution in [0.2, 0.25) is 11.1 Å². The van der Waals surface area contributed by atoms with Gasteiger partial charge in [0.05, 0.1) is 0 Å². The van der Waals surface area contributed by atoms with Gasteiger partial charge in [-0.15, -0.1) is 0 Å². The number of nitrogens with one attached hydrogen (secondary N) is 1. The van der Waals surface area contributed by atoms with Gasteiger partial charge in [-0.2, -0.15) is 0 Å². The van der Waals surface area contributed by atoms with Gasteiger partial charge in [-0.25, -0.2) is 0 Å². The van der Waals surface area contributed by atoms with Crippen LogP contribution in [0.1, 0.15) is 46.0 Å². The second-order valence-corrected chi connectivity index (χ2v) is 11.7. The molecule has 0 fully saturated rings. The average molecular weight is 352 g/mol. The second-order valence-electron chi connectivity index (χ2n) is 6.02. The summed E-state index contributed by atoms with van der Waals surface area (Å²) in [5.41, 5.74) is 1.14. The van der Waals surface area contributed by atoms with E-state index in [1.165, 1.54) is 25.7 Å². The number of rotatable bonds is 15. The lowest BCUT2D eigenvalue weighted by Gasteiger charge is -2.19. The highest BCUT2D eigenvalue weighted by molar-refractivity contribution is 6.46. The normalized spacial score (nSPS) is 14.7. The molecule has 0 rings (SSSR count). The van der Waals surface area contributed by atoms with Gasteiger partial charge < -0.3 is 23.0 Å². The van der Waals surface area contributed by atoms with Gasteiger partial charge in [-0.3, -0.25) is 0 Å². The number of hydrogen-bond donors (Lipinski definition) is 1. The van der Waals surface area contributed by atoms with Crippen molar-refractivity contribution < 1.29 is 17.7 Å². The van der Waals surface area contributed by atoms with Gasteiger partial charge in [0.2, 0.25) is 0 Å². The maximum Gasteiger partial charge on any atom is 0.323 e. The van der Waals surface area contributed by atoms with E-state index < -0.39 is 18.6 Å². The number of hydrogen-bond acceptors (Lipinski definition) is 5. The van der Waals surface area contributed by atoms with Gasteiger partial charge in [-0.1, -0.05) is 26.7 Å². The Kier molecular flexibility index (Phi) is 15.0. The zero-order valence-corrected chi connectivity index (χ0v) is 17.7. The van der Waals surface area contributed by atoms with Crippen LogP contribution in [0.25, 0.3) is 0 Å². The molecule has 0 saturated heterocycles. The Morgan fingerprint density at radius 3 is 1.68 bits per heavy atom.